The summed E-state index contributed by atoms with van der Waals surface area (Å²) in [5.74, 6) is 1.11. The molecule has 2 heterocycles. The summed E-state index contributed by atoms with van der Waals surface area (Å²) >= 11 is 0. The highest BCUT2D eigenvalue weighted by atomic mass is 16.7. The summed E-state index contributed by atoms with van der Waals surface area (Å²) in [6.45, 7) is 4.61. The molecule has 148 valence electrons. The van der Waals surface area contributed by atoms with Gasteiger partial charge in [0.2, 0.25) is 6.79 Å². The van der Waals surface area contributed by atoms with Crippen LogP contribution in [-0.2, 0) is 0 Å². The average Bonchev–Trinajstić information content (AvgIpc) is 3.17. The number of carbonyl (C=O) groups excluding carboxylic acids is 1. The SMILES string of the molecule is CCN(C(=O)c1c(C)ccn(-c2ccc3c(c2)OCO3)c1=O)C1CCCCC1. The van der Waals surface area contributed by atoms with Crippen molar-refractivity contribution >= 4 is 5.91 Å². The summed E-state index contributed by atoms with van der Waals surface area (Å²) in [5, 5.41) is 0. The molecule has 0 bridgehead atoms. The molecule has 0 radical (unpaired) electrons. The number of aromatic nitrogens is 1. The number of ether oxygens (including phenoxy) is 2. The molecule has 1 aromatic carbocycles. The topological polar surface area (TPSA) is 60.8 Å². The molecule has 0 unspecified atom stereocenters. The number of amides is 1. The van der Waals surface area contributed by atoms with Crippen LogP contribution in [0.5, 0.6) is 11.5 Å². The molecule has 0 saturated heterocycles. The Kier molecular flexibility index (Phi) is 5.11. The maximum Gasteiger partial charge on any atom is 0.268 e. The average molecular weight is 382 g/mol. The highest BCUT2D eigenvalue weighted by Crippen LogP contribution is 2.33. The van der Waals surface area contributed by atoms with Crippen LogP contribution in [0.3, 0.4) is 0 Å². The van der Waals surface area contributed by atoms with E-state index in [1.807, 2.05) is 24.8 Å². The van der Waals surface area contributed by atoms with Gasteiger partial charge in [-0.05, 0) is 50.5 Å². The Morgan fingerprint density at radius 3 is 2.64 bits per heavy atom. The van der Waals surface area contributed by atoms with Crippen LogP contribution in [-0.4, -0.2) is 34.8 Å². The molecule has 1 saturated carbocycles. The smallest absolute Gasteiger partial charge is 0.268 e. The van der Waals surface area contributed by atoms with E-state index in [1.54, 1.807) is 24.4 Å². The van der Waals surface area contributed by atoms with E-state index in [4.69, 9.17) is 9.47 Å². The van der Waals surface area contributed by atoms with Crippen LogP contribution in [0, 0.1) is 6.92 Å². The van der Waals surface area contributed by atoms with Crippen LogP contribution in [0.25, 0.3) is 5.69 Å². The van der Waals surface area contributed by atoms with Crippen LogP contribution in [0.1, 0.15) is 54.9 Å². The van der Waals surface area contributed by atoms with Crippen LogP contribution in [0.4, 0.5) is 0 Å². The van der Waals surface area contributed by atoms with E-state index in [2.05, 4.69) is 0 Å². The van der Waals surface area contributed by atoms with E-state index >= 15 is 0 Å². The Morgan fingerprint density at radius 1 is 1.14 bits per heavy atom. The lowest BCUT2D eigenvalue weighted by molar-refractivity contribution is 0.0645. The summed E-state index contributed by atoms with van der Waals surface area (Å²) in [4.78, 5) is 28.5. The number of pyridine rings is 1. The molecule has 0 N–H and O–H groups in total. The van der Waals surface area contributed by atoms with Gasteiger partial charge in [-0.3, -0.25) is 14.2 Å². The molecule has 1 aliphatic carbocycles. The summed E-state index contributed by atoms with van der Waals surface area (Å²) in [7, 11) is 0. The third kappa shape index (κ3) is 3.28. The molecule has 6 heteroatoms. The van der Waals surface area contributed by atoms with E-state index in [0.29, 0.717) is 29.3 Å². The molecular weight excluding hydrogens is 356 g/mol. The number of nitrogens with zero attached hydrogens (tertiary/aromatic N) is 2. The highest BCUT2D eigenvalue weighted by Gasteiger charge is 2.28. The van der Waals surface area contributed by atoms with Crippen molar-refractivity contribution in [3.8, 4) is 17.2 Å². The second-order valence-corrected chi connectivity index (χ2v) is 7.47. The zero-order valence-corrected chi connectivity index (χ0v) is 16.4. The Labute approximate surface area is 164 Å². The van der Waals surface area contributed by atoms with E-state index in [9.17, 15) is 9.59 Å². The fourth-order valence-electron chi connectivity index (χ4n) is 4.23. The number of hydrogen-bond donors (Lipinski definition) is 0. The third-order valence-electron chi connectivity index (χ3n) is 5.77. The van der Waals surface area contributed by atoms with Crippen molar-refractivity contribution < 1.29 is 14.3 Å². The summed E-state index contributed by atoms with van der Waals surface area (Å²) in [5.41, 5.74) is 1.33. The molecule has 0 spiro atoms. The first-order valence-electron chi connectivity index (χ1n) is 10.0. The molecule has 2 aliphatic rings. The molecule has 1 aliphatic heterocycles. The minimum Gasteiger partial charge on any atom is -0.454 e. The van der Waals surface area contributed by atoms with Gasteiger partial charge in [-0.25, -0.2) is 0 Å². The summed E-state index contributed by atoms with van der Waals surface area (Å²) < 4.78 is 12.3. The highest BCUT2D eigenvalue weighted by molar-refractivity contribution is 5.95. The first kappa shape index (κ1) is 18.6. The standard InChI is InChI=1S/C22H26N2O4/c1-3-23(16-7-5-4-6-8-16)21(25)20-15(2)11-12-24(22(20)26)17-9-10-18-19(13-17)28-14-27-18/h9-13,16H,3-8,14H2,1-2H3. The van der Waals surface area contributed by atoms with Crippen molar-refractivity contribution in [1.29, 1.82) is 0 Å². The number of fused-ring (bicyclic) bond motifs is 1. The maximum absolute atomic E-state index is 13.4. The van der Waals surface area contributed by atoms with Crippen molar-refractivity contribution in [1.82, 2.24) is 9.47 Å². The zero-order valence-electron chi connectivity index (χ0n) is 16.4. The van der Waals surface area contributed by atoms with Gasteiger partial charge in [0, 0.05) is 24.8 Å². The molecule has 1 fully saturated rings. The number of hydrogen-bond acceptors (Lipinski definition) is 4. The quantitative estimate of drug-likeness (QED) is 0.810. The van der Waals surface area contributed by atoms with Gasteiger partial charge in [0.05, 0.1) is 5.69 Å². The Morgan fingerprint density at radius 2 is 1.89 bits per heavy atom. The van der Waals surface area contributed by atoms with E-state index in [0.717, 1.165) is 25.7 Å². The Balaban J connectivity index is 1.72. The zero-order chi connectivity index (χ0) is 19.7. The monoisotopic (exact) mass is 382 g/mol. The molecule has 0 atom stereocenters. The number of carbonyl (C=O) groups is 1. The van der Waals surface area contributed by atoms with Crippen LogP contribution >= 0.6 is 0 Å². The fraction of sp³-hybridized carbons (Fsp3) is 0.455. The molecule has 2 aromatic rings. The number of aryl methyl sites for hydroxylation is 1. The molecule has 1 aromatic heterocycles. The van der Waals surface area contributed by atoms with Crippen LogP contribution in [0.15, 0.2) is 35.3 Å². The predicted octanol–water partition coefficient (Wildman–Crippen LogP) is 3.67. The second-order valence-electron chi connectivity index (χ2n) is 7.47. The lowest BCUT2D eigenvalue weighted by Gasteiger charge is -2.33. The summed E-state index contributed by atoms with van der Waals surface area (Å²) in [6.07, 6.45) is 7.25. The molecule has 4 rings (SSSR count). The Hall–Kier alpha value is -2.76. The number of benzene rings is 1. The normalized spacial score (nSPS) is 16.2. The van der Waals surface area contributed by atoms with Gasteiger partial charge in [0.15, 0.2) is 11.5 Å². The number of rotatable bonds is 4. The maximum atomic E-state index is 13.4. The molecule has 6 nitrogen and oxygen atoms in total. The first-order chi connectivity index (χ1) is 13.6. The lowest BCUT2D eigenvalue weighted by atomic mass is 9.93. The van der Waals surface area contributed by atoms with Crippen molar-refractivity contribution in [2.75, 3.05) is 13.3 Å². The van der Waals surface area contributed by atoms with Gasteiger partial charge >= 0.3 is 0 Å². The molecule has 28 heavy (non-hydrogen) atoms. The van der Waals surface area contributed by atoms with Crippen LogP contribution in [0.2, 0.25) is 0 Å². The van der Waals surface area contributed by atoms with Gasteiger partial charge < -0.3 is 14.4 Å². The van der Waals surface area contributed by atoms with Gasteiger partial charge in [0.1, 0.15) is 5.56 Å². The van der Waals surface area contributed by atoms with E-state index in [1.165, 1.54) is 11.0 Å². The second kappa shape index (κ2) is 7.70. The van der Waals surface area contributed by atoms with E-state index in [-0.39, 0.29) is 29.9 Å². The lowest BCUT2D eigenvalue weighted by Crippen LogP contribution is -2.44. The van der Waals surface area contributed by atoms with Gasteiger partial charge in [0.25, 0.3) is 11.5 Å². The molecular formula is C22H26N2O4. The van der Waals surface area contributed by atoms with Crippen molar-refractivity contribution in [3.05, 3.63) is 51.9 Å². The van der Waals surface area contributed by atoms with Gasteiger partial charge in [-0.2, -0.15) is 0 Å². The van der Waals surface area contributed by atoms with Gasteiger partial charge in [-0.15, -0.1) is 0 Å². The first-order valence-corrected chi connectivity index (χ1v) is 10.0. The van der Waals surface area contributed by atoms with Crippen molar-refractivity contribution in [2.45, 2.75) is 52.0 Å². The minimum atomic E-state index is -0.293. The van der Waals surface area contributed by atoms with Crippen molar-refractivity contribution in [3.63, 3.8) is 0 Å². The minimum absolute atomic E-state index is 0.160. The van der Waals surface area contributed by atoms with E-state index < -0.39 is 0 Å². The summed E-state index contributed by atoms with van der Waals surface area (Å²) in [6, 6.07) is 7.41. The van der Waals surface area contributed by atoms with Crippen molar-refractivity contribution in [2.24, 2.45) is 0 Å². The van der Waals surface area contributed by atoms with Crippen LogP contribution < -0.4 is 15.0 Å². The molecule has 1 amide bonds. The third-order valence-corrected chi connectivity index (χ3v) is 5.77. The Bertz CT molecular complexity index is 944. The largest absolute Gasteiger partial charge is 0.454 e. The fourth-order valence-corrected chi connectivity index (χ4v) is 4.23. The predicted molar refractivity (Wildman–Crippen MR) is 106 cm³/mol. The van der Waals surface area contributed by atoms with Gasteiger partial charge in [-0.1, -0.05) is 19.3 Å².